The van der Waals surface area contributed by atoms with Crippen molar-refractivity contribution in [3.63, 3.8) is 0 Å². The van der Waals surface area contributed by atoms with Crippen LogP contribution in [0.1, 0.15) is 18.9 Å². The van der Waals surface area contributed by atoms with Crippen LogP contribution >= 0.6 is 0 Å². The van der Waals surface area contributed by atoms with Crippen LogP contribution in [0.15, 0.2) is 48.5 Å². The molecule has 0 saturated carbocycles. The van der Waals surface area contributed by atoms with Gasteiger partial charge in [0.05, 0.1) is 13.7 Å². The lowest BCUT2D eigenvalue weighted by molar-refractivity contribution is -0.116. The molecule has 4 nitrogen and oxygen atoms in total. The predicted octanol–water partition coefficient (Wildman–Crippen LogP) is 3.67. The van der Waals surface area contributed by atoms with Crippen molar-refractivity contribution >= 4 is 11.6 Å². The van der Waals surface area contributed by atoms with Crippen molar-refractivity contribution in [2.24, 2.45) is 0 Å². The highest BCUT2D eigenvalue weighted by Crippen LogP contribution is 2.28. The Labute approximate surface area is 131 Å². The average molecular weight is 299 g/mol. The van der Waals surface area contributed by atoms with Gasteiger partial charge in [0.15, 0.2) is 11.5 Å². The third-order valence-corrected chi connectivity index (χ3v) is 3.23. The predicted molar refractivity (Wildman–Crippen MR) is 87.6 cm³/mol. The lowest BCUT2D eigenvalue weighted by Gasteiger charge is -2.11. The maximum Gasteiger partial charge on any atom is 0.224 e. The van der Waals surface area contributed by atoms with Crippen LogP contribution in [0.2, 0.25) is 0 Å². The Hall–Kier alpha value is -2.49. The smallest absolute Gasteiger partial charge is 0.224 e. The monoisotopic (exact) mass is 299 g/mol. The van der Waals surface area contributed by atoms with Gasteiger partial charge >= 0.3 is 0 Å². The zero-order valence-corrected chi connectivity index (χ0v) is 13.0. The van der Waals surface area contributed by atoms with Crippen LogP contribution in [0, 0.1) is 0 Å². The van der Waals surface area contributed by atoms with E-state index in [1.807, 2.05) is 55.5 Å². The number of hydrogen-bond acceptors (Lipinski definition) is 3. The summed E-state index contributed by atoms with van der Waals surface area (Å²) < 4.78 is 10.8. The fourth-order valence-corrected chi connectivity index (χ4v) is 2.15. The molecule has 0 unspecified atom stereocenters. The quantitative estimate of drug-likeness (QED) is 0.848. The van der Waals surface area contributed by atoms with Crippen molar-refractivity contribution in [3.8, 4) is 11.5 Å². The van der Waals surface area contributed by atoms with Gasteiger partial charge in [-0.3, -0.25) is 4.79 Å². The molecule has 0 radical (unpaired) electrons. The summed E-state index contributed by atoms with van der Waals surface area (Å²) in [7, 11) is 1.61. The highest BCUT2D eigenvalue weighted by atomic mass is 16.5. The minimum atomic E-state index is -0.000878. The largest absolute Gasteiger partial charge is 0.493 e. The first kappa shape index (κ1) is 15.9. The zero-order valence-electron chi connectivity index (χ0n) is 13.0. The number of hydrogen-bond donors (Lipinski definition) is 1. The molecule has 22 heavy (non-hydrogen) atoms. The van der Waals surface area contributed by atoms with E-state index in [0.717, 1.165) is 17.0 Å². The average Bonchev–Trinajstić information content (AvgIpc) is 2.55. The first-order valence-corrected chi connectivity index (χ1v) is 7.37. The zero-order chi connectivity index (χ0) is 15.8. The summed E-state index contributed by atoms with van der Waals surface area (Å²) in [5, 5.41) is 2.88. The second-order valence-corrected chi connectivity index (χ2v) is 4.83. The van der Waals surface area contributed by atoms with Gasteiger partial charge in [0.2, 0.25) is 5.91 Å². The number of carbonyl (C=O) groups is 1. The molecule has 0 bridgehead atoms. The van der Waals surface area contributed by atoms with Gasteiger partial charge in [-0.25, -0.2) is 0 Å². The van der Waals surface area contributed by atoms with Crippen LogP contribution in [-0.2, 0) is 11.2 Å². The number of para-hydroxylation sites is 1. The number of carbonyl (C=O) groups excluding carboxylic acids is 1. The van der Waals surface area contributed by atoms with E-state index in [1.54, 1.807) is 7.11 Å². The number of rotatable bonds is 7. The Morgan fingerprint density at radius 1 is 1.09 bits per heavy atom. The highest BCUT2D eigenvalue weighted by Gasteiger charge is 2.07. The van der Waals surface area contributed by atoms with E-state index in [1.165, 1.54) is 0 Å². The molecule has 0 aliphatic rings. The number of aryl methyl sites for hydroxylation is 1. The Balaban J connectivity index is 1.92. The molecule has 2 aromatic carbocycles. The van der Waals surface area contributed by atoms with Gasteiger partial charge in [-0.2, -0.15) is 0 Å². The second-order valence-electron chi connectivity index (χ2n) is 4.83. The van der Waals surface area contributed by atoms with E-state index in [2.05, 4.69) is 5.32 Å². The number of methoxy groups -OCH3 is 1. The molecule has 0 atom stereocenters. The highest BCUT2D eigenvalue weighted by molar-refractivity contribution is 5.90. The van der Waals surface area contributed by atoms with Crippen LogP contribution in [-0.4, -0.2) is 19.6 Å². The van der Waals surface area contributed by atoms with Gasteiger partial charge in [-0.1, -0.05) is 24.3 Å². The fraction of sp³-hybridized carbons (Fsp3) is 0.278. The summed E-state index contributed by atoms with van der Waals surface area (Å²) in [6, 6.07) is 15.2. The van der Waals surface area contributed by atoms with E-state index in [9.17, 15) is 4.79 Å². The van der Waals surface area contributed by atoms with Crippen LogP contribution in [0.4, 0.5) is 5.69 Å². The van der Waals surface area contributed by atoms with E-state index < -0.39 is 0 Å². The van der Waals surface area contributed by atoms with E-state index in [0.29, 0.717) is 25.2 Å². The number of ether oxygens (including phenoxy) is 2. The lowest BCUT2D eigenvalue weighted by Crippen LogP contribution is -2.12. The van der Waals surface area contributed by atoms with Gasteiger partial charge in [0.25, 0.3) is 0 Å². The van der Waals surface area contributed by atoms with Crippen molar-refractivity contribution in [2.75, 3.05) is 19.0 Å². The summed E-state index contributed by atoms with van der Waals surface area (Å²) in [6.45, 7) is 2.52. The van der Waals surface area contributed by atoms with Gasteiger partial charge in [0.1, 0.15) is 0 Å². The molecule has 0 aliphatic heterocycles. The molecule has 116 valence electrons. The van der Waals surface area contributed by atoms with Gasteiger partial charge in [0, 0.05) is 12.1 Å². The number of nitrogens with one attached hydrogen (secondary N) is 1. The Morgan fingerprint density at radius 2 is 1.86 bits per heavy atom. The molecule has 0 fully saturated rings. The van der Waals surface area contributed by atoms with Crippen molar-refractivity contribution in [1.82, 2.24) is 0 Å². The van der Waals surface area contributed by atoms with E-state index >= 15 is 0 Å². The molecule has 0 spiro atoms. The summed E-state index contributed by atoms with van der Waals surface area (Å²) in [5.74, 6) is 1.42. The normalized spacial score (nSPS) is 10.1. The maximum absolute atomic E-state index is 11.9. The van der Waals surface area contributed by atoms with E-state index in [-0.39, 0.29) is 5.91 Å². The molecule has 4 heteroatoms. The molecule has 1 amide bonds. The number of benzene rings is 2. The first-order chi connectivity index (χ1) is 10.7. The molecule has 0 heterocycles. The summed E-state index contributed by atoms with van der Waals surface area (Å²) in [4.78, 5) is 11.9. The minimum Gasteiger partial charge on any atom is -0.493 e. The van der Waals surface area contributed by atoms with Crippen LogP contribution in [0.5, 0.6) is 11.5 Å². The minimum absolute atomic E-state index is 0.000878. The van der Waals surface area contributed by atoms with E-state index in [4.69, 9.17) is 9.47 Å². The van der Waals surface area contributed by atoms with Crippen molar-refractivity contribution in [3.05, 3.63) is 54.1 Å². The second kappa shape index (κ2) is 8.08. The van der Waals surface area contributed by atoms with Gasteiger partial charge in [-0.05, 0) is 43.2 Å². The first-order valence-electron chi connectivity index (χ1n) is 7.37. The molecular weight excluding hydrogens is 278 g/mol. The standard InChI is InChI=1S/C18H21NO3/c1-3-22-16-11-9-14(13-17(16)21-2)10-12-18(20)19-15-7-5-4-6-8-15/h4-9,11,13H,3,10,12H2,1-2H3,(H,19,20). The molecule has 0 aromatic heterocycles. The molecule has 1 N–H and O–H groups in total. The fourth-order valence-electron chi connectivity index (χ4n) is 2.15. The van der Waals surface area contributed by atoms with Crippen molar-refractivity contribution in [2.45, 2.75) is 19.8 Å². The SMILES string of the molecule is CCOc1ccc(CCC(=O)Nc2ccccc2)cc1OC. The molecular formula is C18H21NO3. The number of anilines is 1. The van der Waals surface area contributed by atoms with Crippen LogP contribution in [0.25, 0.3) is 0 Å². The lowest BCUT2D eigenvalue weighted by atomic mass is 10.1. The summed E-state index contributed by atoms with van der Waals surface area (Å²) >= 11 is 0. The molecule has 0 saturated heterocycles. The van der Waals surface area contributed by atoms with Crippen LogP contribution < -0.4 is 14.8 Å². The van der Waals surface area contributed by atoms with Crippen molar-refractivity contribution in [1.29, 1.82) is 0 Å². The van der Waals surface area contributed by atoms with Crippen molar-refractivity contribution < 1.29 is 14.3 Å². The maximum atomic E-state index is 11.9. The molecule has 0 aliphatic carbocycles. The van der Waals surface area contributed by atoms with Crippen LogP contribution in [0.3, 0.4) is 0 Å². The third kappa shape index (κ3) is 4.52. The third-order valence-electron chi connectivity index (χ3n) is 3.23. The molecule has 2 aromatic rings. The number of amides is 1. The summed E-state index contributed by atoms with van der Waals surface area (Å²) in [6.07, 6.45) is 1.08. The summed E-state index contributed by atoms with van der Waals surface area (Å²) in [5.41, 5.74) is 1.86. The topological polar surface area (TPSA) is 47.6 Å². The van der Waals surface area contributed by atoms with Gasteiger partial charge in [-0.15, -0.1) is 0 Å². The Kier molecular flexibility index (Phi) is 5.83. The Morgan fingerprint density at radius 3 is 2.55 bits per heavy atom. The van der Waals surface area contributed by atoms with Gasteiger partial charge < -0.3 is 14.8 Å². The Bertz CT molecular complexity index is 611. The molecule has 2 rings (SSSR count).